The number of benzene rings is 1. The lowest BCUT2D eigenvalue weighted by Gasteiger charge is -2.04. The lowest BCUT2D eigenvalue weighted by molar-refractivity contribution is 0.411. The van der Waals surface area contributed by atoms with E-state index in [-0.39, 0.29) is 0 Å². The number of nitrogen functional groups attached to an aromatic ring is 1. The van der Waals surface area contributed by atoms with Crippen molar-refractivity contribution in [1.82, 2.24) is 19.7 Å². The van der Waals surface area contributed by atoms with Crippen molar-refractivity contribution in [3.05, 3.63) is 30.3 Å². The lowest BCUT2D eigenvalue weighted by atomic mass is 10.1. The molecule has 2 heterocycles. The van der Waals surface area contributed by atoms with E-state index in [0.29, 0.717) is 33.9 Å². The molecule has 0 radical (unpaired) electrons. The fraction of sp³-hybridized carbons (Fsp3) is 0.154. The summed E-state index contributed by atoms with van der Waals surface area (Å²) in [6, 6.07) is 4.36. The summed E-state index contributed by atoms with van der Waals surface area (Å²) in [5.41, 5.74) is 7.57. The number of hydrogen-bond acceptors (Lipinski definition) is 5. The van der Waals surface area contributed by atoms with Gasteiger partial charge in [-0.15, -0.1) is 0 Å². The van der Waals surface area contributed by atoms with Crippen LogP contribution in [0.15, 0.2) is 24.5 Å². The Balaban J connectivity index is 2.32. The second-order valence-electron chi connectivity index (χ2n) is 4.31. The van der Waals surface area contributed by atoms with Crippen molar-refractivity contribution in [1.29, 1.82) is 0 Å². The minimum absolute atomic E-state index is 0.307. The molecule has 0 saturated heterocycles. The molecule has 0 bridgehead atoms. The maximum absolute atomic E-state index is 13.6. The van der Waals surface area contributed by atoms with Crippen molar-refractivity contribution in [2.24, 2.45) is 7.05 Å². The van der Waals surface area contributed by atoms with E-state index in [2.05, 4.69) is 15.1 Å². The van der Waals surface area contributed by atoms with E-state index in [1.807, 2.05) is 0 Å². The maximum atomic E-state index is 13.6. The van der Waals surface area contributed by atoms with Gasteiger partial charge in [0.1, 0.15) is 29.4 Å². The maximum Gasteiger partial charge on any atom is 0.163 e. The van der Waals surface area contributed by atoms with Crippen molar-refractivity contribution < 1.29 is 9.13 Å². The van der Waals surface area contributed by atoms with Gasteiger partial charge in [0.2, 0.25) is 0 Å². The van der Waals surface area contributed by atoms with E-state index >= 15 is 0 Å². The fourth-order valence-corrected chi connectivity index (χ4v) is 2.13. The monoisotopic (exact) mass is 273 g/mol. The zero-order valence-electron chi connectivity index (χ0n) is 11.0. The molecule has 0 fully saturated rings. The molecule has 0 spiro atoms. The summed E-state index contributed by atoms with van der Waals surface area (Å²) >= 11 is 0. The number of aromatic nitrogens is 4. The van der Waals surface area contributed by atoms with Crippen LogP contribution in [-0.2, 0) is 7.05 Å². The molecule has 3 rings (SSSR count). The number of fused-ring (bicyclic) bond motifs is 1. The molecule has 0 aliphatic heterocycles. The summed E-state index contributed by atoms with van der Waals surface area (Å²) in [5.74, 6) is 0.309. The molecule has 6 nitrogen and oxygen atoms in total. The SMILES string of the molecule is COc1cc(F)cc(-c2nn(C)c3ncnc(N)c23)c1. The number of nitrogens with two attached hydrogens (primary N) is 1. The normalized spacial score (nSPS) is 10.9. The molecule has 0 saturated carbocycles. The summed E-state index contributed by atoms with van der Waals surface area (Å²) in [7, 11) is 3.22. The third-order valence-corrected chi connectivity index (χ3v) is 3.03. The molecule has 2 N–H and O–H groups in total. The second-order valence-corrected chi connectivity index (χ2v) is 4.31. The summed E-state index contributed by atoms with van der Waals surface area (Å²) < 4.78 is 20.3. The summed E-state index contributed by atoms with van der Waals surface area (Å²) in [4.78, 5) is 8.10. The van der Waals surface area contributed by atoms with E-state index in [1.165, 1.54) is 25.6 Å². The van der Waals surface area contributed by atoms with Crippen LogP contribution < -0.4 is 10.5 Å². The Morgan fingerprint density at radius 2 is 2.05 bits per heavy atom. The van der Waals surface area contributed by atoms with Gasteiger partial charge in [-0.1, -0.05) is 0 Å². The first kappa shape index (κ1) is 12.3. The van der Waals surface area contributed by atoms with Gasteiger partial charge in [0.05, 0.1) is 12.5 Å². The molecule has 3 aromatic rings. The summed E-state index contributed by atoms with van der Waals surface area (Å²) in [6.45, 7) is 0. The number of aryl methyl sites for hydroxylation is 1. The largest absolute Gasteiger partial charge is 0.497 e. The van der Waals surface area contributed by atoms with E-state index in [9.17, 15) is 4.39 Å². The molecule has 2 aromatic heterocycles. The van der Waals surface area contributed by atoms with Crippen LogP contribution in [-0.4, -0.2) is 26.9 Å². The molecule has 0 aliphatic carbocycles. The minimum atomic E-state index is -0.409. The van der Waals surface area contributed by atoms with Crippen LogP contribution in [0, 0.1) is 5.82 Å². The van der Waals surface area contributed by atoms with Crippen LogP contribution in [0.5, 0.6) is 5.75 Å². The van der Waals surface area contributed by atoms with Crippen LogP contribution in [0.25, 0.3) is 22.3 Å². The number of halogens is 1. The molecule has 0 aliphatic rings. The van der Waals surface area contributed by atoms with Gasteiger partial charge in [-0.2, -0.15) is 5.10 Å². The molecule has 20 heavy (non-hydrogen) atoms. The number of anilines is 1. The third kappa shape index (κ3) is 1.83. The molecule has 7 heteroatoms. The molecular weight excluding hydrogens is 261 g/mol. The topological polar surface area (TPSA) is 78.8 Å². The van der Waals surface area contributed by atoms with Crippen LogP contribution in [0.3, 0.4) is 0 Å². The van der Waals surface area contributed by atoms with Crippen molar-refractivity contribution in [3.63, 3.8) is 0 Å². The third-order valence-electron chi connectivity index (χ3n) is 3.03. The zero-order chi connectivity index (χ0) is 14.3. The quantitative estimate of drug-likeness (QED) is 0.769. The highest BCUT2D eigenvalue weighted by atomic mass is 19.1. The Hall–Kier alpha value is -2.70. The highest BCUT2D eigenvalue weighted by Crippen LogP contribution is 2.32. The van der Waals surface area contributed by atoms with E-state index < -0.39 is 5.82 Å². The predicted octanol–water partition coefficient (Wildman–Crippen LogP) is 1.76. The average molecular weight is 273 g/mol. The predicted molar refractivity (Wildman–Crippen MR) is 72.7 cm³/mol. The van der Waals surface area contributed by atoms with Gasteiger partial charge in [-0.25, -0.2) is 19.0 Å². The molecule has 1 aromatic carbocycles. The van der Waals surface area contributed by atoms with E-state index in [1.54, 1.807) is 17.8 Å². The van der Waals surface area contributed by atoms with E-state index in [4.69, 9.17) is 10.5 Å². The van der Waals surface area contributed by atoms with Gasteiger partial charge in [-0.05, 0) is 12.1 Å². The highest BCUT2D eigenvalue weighted by molar-refractivity contribution is 5.98. The number of ether oxygens (including phenoxy) is 1. The van der Waals surface area contributed by atoms with Crippen LogP contribution in [0.1, 0.15) is 0 Å². The Bertz CT molecular complexity index is 799. The Morgan fingerprint density at radius 3 is 2.80 bits per heavy atom. The van der Waals surface area contributed by atoms with Gasteiger partial charge in [0, 0.05) is 18.7 Å². The first-order chi connectivity index (χ1) is 9.60. The van der Waals surface area contributed by atoms with Gasteiger partial charge in [0.25, 0.3) is 0 Å². The van der Waals surface area contributed by atoms with Crippen molar-refractivity contribution in [3.8, 4) is 17.0 Å². The Morgan fingerprint density at radius 1 is 1.25 bits per heavy atom. The number of nitrogens with zero attached hydrogens (tertiary/aromatic N) is 4. The van der Waals surface area contributed by atoms with Crippen molar-refractivity contribution in [2.75, 3.05) is 12.8 Å². The average Bonchev–Trinajstić information content (AvgIpc) is 2.77. The molecular formula is C13H12FN5O. The fourth-order valence-electron chi connectivity index (χ4n) is 2.13. The minimum Gasteiger partial charge on any atom is -0.497 e. The smallest absolute Gasteiger partial charge is 0.163 e. The van der Waals surface area contributed by atoms with Gasteiger partial charge in [-0.3, -0.25) is 0 Å². The molecule has 0 unspecified atom stereocenters. The van der Waals surface area contributed by atoms with Crippen LogP contribution in [0.4, 0.5) is 10.2 Å². The van der Waals surface area contributed by atoms with E-state index in [0.717, 1.165) is 0 Å². The zero-order valence-corrected chi connectivity index (χ0v) is 11.0. The van der Waals surface area contributed by atoms with Gasteiger partial charge in [0.15, 0.2) is 5.65 Å². The second kappa shape index (κ2) is 4.44. The van der Waals surface area contributed by atoms with Gasteiger partial charge >= 0.3 is 0 Å². The number of methoxy groups -OCH3 is 1. The Labute approximate surface area is 114 Å². The van der Waals surface area contributed by atoms with Crippen LogP contribution in [0.2, 0.25) is 0 Å². The van der Waals surface area contributed by atoms with Crippen LogP contribution >= 0.6 is 0 Å². The molecule has 102 valence electrons. The number of hydrogen-bond donors (Lipinski definition) is 1. The van der Waals surface area contributed by atoms with Crippen molar-refractivity contribution >= 4 is 16.9 Å². The Kier molecular flexibility index (Phi) is 2.74. The lowest BCUT2D eigenvalue weighted by Crippen LogP contribution is -1.95. The summed E-state index contributed by atoms with van der Waals surface area (Å²) in [5, 5.41) is 4.95. The first-order valence-electron chi connectivity index (χ1n) is 5.88. The number of rotatable bonds is 2. The highest BCUT2D eigenvalue weighted by Gasteiger charge is 2.16. The first-order valence-corrected chi connectivity index (χ1v) is 5.88. The standard InChI is InChI=1S/C13H12FN5O/c1-19-13-10(12(15)16-6-17-13)11(18-19)7-3-8(14)5-9(4-7)20-2/h3-6H,1-2H3,(H2,15,16,17). The van der Waals surface area contributed by atoms with Crippen molar-refractivity contribution in [2.45, 2.75) is 0 Å². The molecule has 0 atom stereocenters. The molecule has 0 amide bonds. The summed E-state index contributed by atoms with van der Waals surface area (Å²) in [6.07, 6.45) is 1.37. The van der Waals surface area contributed by atoms with Gasteiger partial charge < -0.3 is 10.5 Å².